The molecule has 0 unspecified atom stereocenters. The molecular formula is C11H9ClN2O2. The summed E-state index contributed by atoms with van der Waals surface area (Å²) in [5.41, 5.74) is 1.21. The van der Waals surface area contributed by atoms with Crippen molar-refractivity contribution in [2.24, 2.45) is 7.05 Å². The number of rotatable bonds is 2. The monoisotopic (exact) mass is 236 g/mol. The molecule has 5 heteroatoms. The first-order valence-electron chi connectivity index (χ1n) is 4.61. The van der Waals surface area contributed by atoms with Gasteiger partial charge in [-0.2, -0.15) is 5.10 Å². The third kappa shape index (κ3) is 1.57. The maximum Gasteiger partial charge on any atom is 0.169 e. The first-order chi connectivity index (χ1) is 7.65. The van der Waals surface area contributed by atoms with Gasteiger partial charge in [0.2, 0.25) is 0 Å². The molecule has 1 N–H and O–H groups in total. The zero-order chi connectivity index (χ0) is 11.7. The van der Waals surface area contributed by atoms with Crippen LogP contribution >= 0.6 is 11.6 Å². The van der Waals surface area contributed by atoms with E-state index in [-0.39, 0.29) is 10.8 Å². The van der Waals surface area contributed by atoms with Gasteiger partial charge in [0.25, 0.3) is 0 Å². The Morgan fingerprint density at radius 2 is 2.12 bits per heavy atom. The third-order valence-electron chi connectivity index (χ3n) is 2.30. The zero-order valence-electron chi connectivity index (χ0n) is 8.51. The number of aromatic hydroxyl groups is 1. The Hall–Kier alpha value is -1.81. The fraction of sp³-hybridized carbons (Fsp3) is 0.0909. The second-order valence-corrected chi connectivity index (χ2v) is 3.68. The lowest BCUT2D eigenvalue weighted by atomic mass is 10.1. The van der Waals surface area contributed by atoms with Crippen LogP contribution in [0.3, 0.4) is 0 Å². The van der Waals surface area contributed by atoms with E-state index in [0.717, 1.165) is 0 Å². The van der Waals surface area contributed by atoms with Crippen LogP contribution in [0.15, 0.2) is 24.3 Å². The maximum absolute atomic E-state index is 10.8. The van der Waals surface area contributed by atoms with Gasteiger partial charge in [0.15, 0.2) is 6.29 Å². The molecule has 1 aromatic heterocycles. The van der Waals surface area contributed by atoms with E-state index in [9.17, 15) is 9.90 Å². The van der Waals surface area contributed by atoms with Gasteiger partial charge in [0.05, 0.1) is 5.02 Å². The van der Waals surface area contributed by atoms with Crippen LogP contribution in [0.1, 0.15) is 10.5 Å². The predicted octanol–water partition coefficient (Wildman–Crippen LogP) is 2.26. The molecule has 2 aromatic rings. The Kier molecular flexibility index (Phi) is 2.66. The molecule has 4 nitrogen and oxygen atoms in total. The molecule has 2 rings (SSSR count). The number of aromatic nitrogens is 2. The van der Waals surface area contributed by atoms with E-state index >= 15 is 0 Å². The normalized spacial score (nSPS) is 10.4. The number of carbonyl (C=O) groups excluding carboxylic acids is 1. The van der Waals surface area contributed by atoms with Crippen LogP contribution in [0, 0.1) is 0 Å². The Balaban J connectivity index is 2.66. The highest BCUT2D eigenvalue weighted by atomic mass is 35.5. The highest BCUT2D eigenvalue weighted by Gasteiger charge is 2.17. The molecule has 0 amide bonds. The lowest BCUT2D eigenvalue weighted by molar-refractivity contribution is 0.111. The van der Waals surface area contributed by atoms with Gasteiger partial charge < -0.3 is 5.11 Å². The number of phenolic OH excluding ortho intramolecular Hbond substituents is 1. The molecular weight excluding hydrogens is 228 g/mol. The van der Waals surface area contributed by atoms with E-state index in [1.165, 1.54) is 4.68 Å². The second-order valence-electron chi connectivity index (χ2n) is 3.31. The molecule has 0 radical (unpaired) electrons. The van der Waals surface area contributed by atoms with Crippen molar-refractivity contribution >= 4 is 17.9 Å². The summed E-state index contributed by atoms with van der Waals surface area (Å²) < 4.78 is 1.39. The minimum atomic E-state index is 0.0833. The van der Waals surface area contributed by atoms with Crippen LogP contribution < -0.4 is 0 Å². The lowest BCUT2D eigenvalue weighted by Crippen LogP contribution is -1.95. The van der Waals surface area contributed by atoms with Gasteiger partial charge in [0, 0.05) is 12.6 Å². The number of hydrogen-bond donors (Lipinski definition) is 1. The fourth-order valence-electron chi connectivity index (χ4n) is 1.49. The highest BCUT2D eigenvalue weighted by Crippen LogP contribution is 2.34. The number of aryl methyl sites for hydroxylation is 1. The Labute approximate surface area is 97.1 Å². The molecule has 0 saturated heterocycles. The third-order valence-corrected chi connectivity index (χ3v) is 2.67. The van der Waals surface area contributed by atoms with E-state index in [1.54, 1.807) is 31.3 Å². The quantitative estimate of drug-likeness (QED) is 0.814. The van der Waals surface area contributed by atoms with Crippen LogP contribution in [0.2, 0.25) is 5.02 Å². The maximum atomic E-state index is 10.8. The molecule has 16 heavy (non-hydrogen) atoms. The van der Waals surface area contributed by atoms with Gasteiger partial charge >= 0.3 is 0 Å². The lowest BCUT2D eigenvalue weighted by Gasteiger charge is -2.00. The van der Waals surface area contributed by atoms with Crippen molar-refractivity contribution in [3.63, 3.8) is 0 Å². The molecule has 0 bridgehead atoms. The van der Waals surface area contributed by atoms with Crippen molar-refractivity contribution in [2.45, 2.75) is 0 Å². The van der Waals surface area contributed by atoms with Gasteiger partial charge in [-0.15, -0.1) is 0 Å². The van der Waals surface area contributed by atoms with Crippen LogP contribution in [0.5, 0.6) is 5.75 Å². The summed E-state index contributed by atoms with van der Waals surface area (Å²) in [7, 11) is 1.62. The summed E-state index contributed by atoms with van der Waals surface area (Å²) in [6.07, 6.45) is 0.638. The van der Waals surface area contributed by atoms with E-state index in [1.807, 2.05) is 0 Å². The molecule has 0 fully saturated rings. The number of benzene rings is 1. The number of phenols is 1. The van der Waals surface area contributed by atoms with E-state index < -0.39 is 0 Å². The van der Waals surface area contributed by atoms with Gasteiger partial charge in [0.1, 0.15) is 17.1 Å². The summed E-state index contributed by atoms with van der Waals surface area (Å²) >= 11 is 6.01. The van der Waals surface area contributed by atoms with Crippen molar-refractivity contribution < 1.29 is 9.90 Å². The second kappa shape index (κ2) is 3.98. The number of hydrogen-bond acceptors (Lipinski definition) is 3. The number of carbonyl (C=O) groups is 1. The molecule has 82 valence electrons. The number of halogens is 1. The molecule has 0 aliphatic heterocycles. The van der Waals surface area contributed by atoms with E-state index in [4.69, 9.17) is 11.6 Å². The smallest absolute Gasteiger partial charge is 0.169 e. The van der Waals surface area contributed by atoms with Crippen molar-refractivity contribution in [1.82, 2.24) is 9.78 Å². The van der Waals surface area contributed by atoms with Gasteiger partial charge in [-0.25, -0.2) is 0 Å². The first-order valence-corrected chi connectivity index (χ1v) is 4.99. The minimum Gasteiger partial charge on any atom is -0.507 e. The molecule has 0 atom stereocenters. The molecule has 0 aliphatic rings. The SMILES string of the molecule is Cn1nc(-c2ccccc2O)c(Cl)c1C=O. The summed E-state index contributed by atoms with van der Waals surface area (Å²) in [5, 5.41) is 14.0. The summed E-state index contributed by atoms with van der Waals surface area (Å²) in [6, 6.07) is 6.70. The van der Waals surface area contributed by atoms with Crippen LogP contribution in [-0.2, 0) is 7.05 Å². The number of aldehydes is 1. The van der Waals surface area contributed by atoms with Gasteiger partial charge in [-0.3, -0.25) is 9.48 Å². The molecule has 1 aromatic carbocycles. The number of nitrogens with zero attached hydrogens (tertiary/aromatic N) is 2. The zero-order valence-corrected chi connectivity index (χ0v) is 9.27. The Bertz CT molecular complexity index is 549. The predicted molar refractivity (Wildman–Crippen MR) is 60.7 cm³/mol. The minimum absolute atomic E-state index is 0.0833. The Morgan fingerprint density at radius 3 is 2.69 bits per heavy atom. The summed E-state index contributed by atoms with van der Waals surface area (Å²) in [5.74, 6) is 0.0833. The molecule has 1 heterocycles. The van der Waals surface area contributed by atoms with Crippen molar-refractivity contribution in [3.05, 3.63) is 35.0 Å². The summed E-state index contributed by atoms with van der Waals surface area (Å²) in [6.45, 7) is 0. The number of para-hydroxylation sites is 1. The average Bonchev–Trinajstić information content (AvgIpc) is 2.55. The topological polar surface area (TPSA) is 55.1 Å². The highest BCUT2D eigenvalue weighted by molar-refractivity contribution is 6.35. The van der Waals surface area contributed by atoms with Crippen LogP contribution in [0.25, 0.3) is 11.3 Å². The Morgan fingerprint density at radius 1 is 1.44 bits per heavy atom. The first kappa shape index (κ1) is 10.7. The van der Waals surface area contributed by atoms with Crippen LogP contribution in [-0.4, -0.2) is 21.2 Å². The largest absolute Gasteiger partial charge is 0.507 e. The summed E-state index contributed by atoms with van der Waals surface area (Å²) in [4.78, 5) is 10.8. The van der Waals surface area contributed by atoms with E-state index in [2.05, 4.69) is 5.10 Å². The van der Waals surface area contributed by atoms with Crippen LogP contribution in [0.4, 0.5) is 0 Å². The van der Waals surface area contributed by atoms with Crippen molar-refractivity contribution in [3.8, 4) is 17.0 Å². The average molecular weight is 237 g/mol. The van der Waals surface area contributed by atoms with Crippen molar-refractivity contribution in [2.75, 3.05) is 0 Å². The standard InChI is InChI=1S/C11H9ClN2O2/c1-14-8(6-15)10(12)11(13-14)7-4-2-3-5-9(7)16/h2-6,16H,1H3. The molecule has 0 spiro atoms. The van der Waals surface area contributed by atoms with E-state index in [0.29, 0.717) is 23.2 Å². The van der Waals surface area contributed by atoms with Gasteiger partial charge in [-0.1, -0.05) is 23.7 Å². The van der Waals surface area contributed by atoms with Gasteiger partial charge in [-0.05, 0) is 12.1 Å². The molecule has 0 aliphatic carbocycles. The fourth-order valence-corrected chi connectivity index (χ4v) is 1.79. The molecule has 0 saturated carbocycles. The van der Waals surface area contributed by atoms with Crippen molar-refractivity contribution in [1.29, 1.82) is 0 Å².